The fraction of sp³-hybridized carbons (Fsp3) is 1.00. The number of nitrogens with one attached hydrogen (secondary N) is 3. The maximum Gasteiger partial charge on any atom is 0.208 e. The molecule has 66 valence electrons. The highest BCUT2D eigenvalue weighted by molar-refractivity contribution is 6.21. The third-order valence-electron chi connectivity index (χ3n) is 1.54. The zero-order chi connectivity index (χ0) is 8.43. The molecule has 1 saturated heterocycles. The molecule has 0 saturated carbocycles. The quantitative estimate of drug-likeness (QED) is 0.394. The molecule has 11 heavy (non-hydrogen) atoms. The molecule has 0 aromatic carbocycles. The third kappa shape index (κ3) is 1.99. The Hall–Kier alpha value is 0.0300. The molecule has 1 fully saturated rings. The molecule has 0 spiro atoms. The van der Waals surface area contributed by atoms with Crippen LogP contribution in [0.15, 0.2) is 0 Å². The molecule has 0 bridgehead atoms. The van der Waals surface area contributed by atoms with Crippen LogP contribution in [-0.4, -0.2) is 31.3 Å². The van der Waals surface area contributed by atoms with Crippen molar-refractivity contribution in [3.05, 3.63) is 0 Å². The van der Waals surface area contributed by atoms with Gasteiger partial charge in [0.1, 0.15) is 5.38 Å². The van der Waals surface area contributed by atoms with E-state index in [0.29, 0.717) is 0 Å². The second-order valence-electron chi connectivity index (χ2n) is 2.31. The van der Waals surface area contributed by atoms with Crippen molar-refractivity contribution in [3.8, 4) is 0 Å². The Morgan fingerprint density at radius 1 is 1.36 bits per heavy atom. The Morgan fingerprint density at radius 3 is 2.55 bits per heavy atom. The average Bonchev–Trinajstić information content (AvgIpc) is 1.96. The van der Waals surface area contributed by atoms with Gasteiger partial charge in [-0.05, 0) is 7.05 Å². The van der Waals surface area contributed by atoms with E-state index in [1.54, 1.807) is 7.05 Å². The molecular weight excluding hydrogens is 176 g/mol. The van der Waals surface area contributed by atoms with Crippen LogP contribution in [0.5, 0.6) is 0 Å². The second-order valence-corrected chi connectivity index (χ2v) is 2.81. The molecule has 0 aromatic rings. The molecule has 3 N–H and O–H groups in total. The Bertz CT molecular complexity index is 137. The number of alkyl halides is 3. The van der Waals surface area contributed by atoms with Gasteiger partial charge in [0.05, 0.1) is 6.17 Å². The first-order chi connectivity index (χ1) is 5.15. The van der Waals surface area contributed by atoms with Gasteiger partial charge in [0.15, 0.2) is 6.30 Å². The van der Waals surface area contributed by atoms with Crippen molar-refractivity contribution in [1.82, 2.24) is 16.0 Å². The van der Waals surface area contributed by atoms with E-state index in [0.717, 1.165) is 0 Å². The lowest BCUT2D eigenvalue weighted by Crippen LogP contribution is -2.65. The molecule has 1 aliphatic rings. The summed E-state index contributed by atoms with van der Waals surface area (Å²) in [5.74, 6) is 0. The number of hydrogen-bond donors (Lipinski definition) is 3. The zero-order valence-corrected chi connectivity index (χ0v) is 6.70. The predicted molar refractivity (Wildman–Crippen MR) is 38.6 cm³/mol. The van der Waals surface area contributed by atoms with Gasteiger partial charge in [0, 0.05) is 0 Å². The summed E-state index contributed by atoms with van der Waals surface area (Å²) in [7, 11) is 1.58. The van der Waals surface area contributed by atoms with E-state index in [-0.39, 0.29) is 0 Å². The highest BCUT2D eigenvalue weighted by Crippen LogP contribution is 2.13. The van der Waals surface area contributed by atoms with Crippen LogP contribution in [-0.2, 0) is 0 Å². The summed E-state index contributed by atoms with van der Waals surface area (Å²) in [4.78, 5) is 0. The molecule has 1 aliphatic heterocycles. The van der Waals surface area contributed by atoms with Crippen molar-refractivity contribution < 1.29 is 8.78 Å². The van der Waals surface area contributed by atoms with E-state index in [2.05, 4.69) is 10.6 Å². The van der Waals surface area contributed by atoms with Crippen LogP contribution in [0.25, 0.3) is 0 Å². The van der Waals surface area contributed by atoms with Crippen molar-refractivity contribution in [2.75, 3.05) is 7.05 Å². The standard InChI is InChI=1S/C5H10ClF2N3/c1-9-4-2(6)3(7)10-5(8)11-4/h2-5,9-11H,1H3. The minimum Gasteiger partial charge on any atom is -0.304 e. The predicted octanol–water partition coefficient (Wildman–Crippen LogP) is -0.119. The molecule has 0 radical (unpaired) electrons. The highest BCUT2D eigenvalue weighted by atomic mass is 35.5. The number of halogens is 3. The van der Waals surface area contributed by atoms with Gasteiger partial charge in [-0.2, -0.15) is 0 Å². The maximum atomic E-state index is 12.7. The normalized spacial score (nSPS) is 45.8. The van der Waals surface area contributed by atoms with Crippen molar-refractivity contribution in [1.29, 1.82) is 0 Å². The van der Waals surface area contributed by atoms with Crippen LogP contribution in [0.2, 0.25) is 0 Å². The van der Waals surface area contributed by atoms with Gasteiger partial charge in [0.25, 0.3) is 0 Å². The fourth-order valence-corrected chi connectivity index (χ4v) is 1.21. The third-order valence-corrected chi connectivity index (χ3v) is 2.01. The van der Waals surface area contributed by atoms with Crippen molar-refractivity contribution in [2.45, 2.75) is 24.3 Å². The van der Waals surface area contributed by atoms with E-state index >= 15 is 0 Å². The van der Waals surface area contributed by atoms with Crippen molar-refractivity contribution in [2.24, 2.45) is 0 Å². The Balaban J connectivity index is 2.51. The molecule has 0 amide bonds. The average molecular weight is 186 g/mol. The first kappa shape index (κ1) is 9.12. The molecule has 4 atom stereocenters. The van der Waals surface area contributed by atoms with Crippen LogP contribution in [0.1, 0.15) is 0 Å². The largest absolute Gasteiger partial charge is 0.304 e. The second kappa shape index (κ2) is 3.62. The van der Waals surface area contributed by atoms with E-state index in [4.69, 9.17) is 11.6 Å². The smallest absolute Gasteiger partial charge is 0.208 e. The summed E-state index contributed by atoms with van der Waals surface area (Å²) < 4.78 is 25.2. The van der Waals surface area contributed by atoms with E-state index in [1.807, 2.05) is 5.32 Å². The first-order valence-corrected chi connectivity index (χ1v) is 3.70. The van der Waals surface area contributed by atoms with E-state index in [1.165, 1.54) is 0 Å². The van der Waals surface area contributed by atoms with Gasteiger partial charge in [-0.25, -0.2) is 14.1 Å². The number of rotatable bonds is 1. The molecule has 1 heterocycles. The molecule has 6 heteroatoms. The van der Waals surface area contributed by atoms with Gasteiger partial charge < -0.3 is 5.32 Å². The van der Waals surface area contributed by atoms with Crippen LogP contribution in [0.3, 0.4) is 0 Å². The van der Waals surface area contributed by atoms with Gasteiger partial charge in [-0.15, -0.1) is 11.6 Å². The van der Waals surface area contributed by atoms with Gasteiger partial charge in [-0.1, -0.05) is 0 Å². The maximum absolute atomic E-state index is 12.7. The molecule has 1 rings (SSSR count). The van der Waals surface area contributed by atoms with Crippen LogP contribution in [0.4, 0.5) is 8.78 Å². The Morgan fingerprint density at radius 2 is 2.00 bits per heavy atom. The molecular formula is C5H10ClF2N3. The summed E-state index contributed by atoms with van der Waals surface area (Å²) in [6.07, 6.45) is -3.61. The molecule has 0 aromatic heterocycles. The SMILES string of the molecule is CNC1NC(F)NC(F)C1Cl. The minimum atomic E-state index is -1.54. The molecule has 3 nitrogen and oxygen atoms in total. The lowest BCUT2D eigenvalue weighted by molar-refractivity contribution is 0.0672. The summed E-state index contributed by atoms with van der Waals surface area (Å²) in [5, 5.41) is 6.21. The van der Waals surface area contributed by atoms with Crippen molar-refractivity contribution in [3.63, 3.8) is 0 Å². The first-order valence-electron chi connectivity index (χ1n) is 3.26. The van der Waals surface area contributed by atoms with E-state index in [9.17, 15) is 8.78 Å². The summed E-state index contributed by atoms with van der Waals surface area (Å²) in [6, 6.07) is 0. The van der Waals surface area contributed by atoms with E-state index < -0.39 is 24.3 Å². The molecule has 0 aliphatic carbocycles. The van der Waals surface area contributed by atoms with Crippen molar-refractivity contribution >= 4 is 11.6 Å². The number of hydrogen-bond acceptors (Lipinski definition) is 3. The fourth-order valence-electron chi connectivity index (χ4n) is 0.941. The van der Waals surface area contributed by atoms with Gasteiger partial charge in [0.2, 0.25) is 6.42 Å². The van der Waals surface area contributed by atoms with Crippen LogP contribution in [0, 0.1) is 0 Å². The molecule has 4 unspecified atom stereocenters. The summed E-state index contributed by atoms with van der Waals surface area (Å²) >= 11 is 5.57. The van der Waals surface area contributed by atoms with Crippen LogP contribution < -0.4 is 16.0 Å². The van der Waals surface area contributed by atoms with Gasteiger partial charge in [-0.3, -0.25) is 5.32 Å². The van der Waals surface area contributed by atoms with Crippen LogP contribution >= 0.6 is 11.6 Å². The Kier molecular flexibility index (Phi) is 3.00. The topological polar surface area (TPSA) is 36.1 Å². The lowest BCUT2D eigenvalue weighted by Gasteiger charge is -2.33. The summed E-state index contributed by atoms with van der Waals surface area (Å²) in [6.45, 7) is 0. The Labute approximate surface area is 68.5 Å². The lowest BCUT2D eigenvalue weighted by atomic mass is 10.2. The monoisotopic (exact) mass is 185 g/mol. The van der Waals surface area contributed by atoms with Gasteiger partial charge >= 0.3 is 0 Å². The zero-order valence-electron chi connectivity index (χ0n) is 5.94. The minimum absolute atomic E-state index is 0.539. The highest BCUT2D eigenvalue weighted by Gasteiger charge is 2.34. The summed E-state index contributed by atoms with van der Waals surface area (Å²) in [5.41, 5.74) is 0.